The van der Waals surface area contributed by atoms with Crippen molar-refractivity contribution in [1.29, 1.82) is 0 Å². The first-order valence-electron chi connectivity index (χ1n) is 9.12. The summed E-state index contributed by atoms with van der Waals surface area (Å²) in [4.78, 5) is 12.2. The van der Waals surface area contributed by atoms with Gasteiger partial charge in [0.15, 0.2) is 0 Å². The molecule has 26 heavy (non-hydrogen) atoms. The number of benzene rings is 2. The van der Waals surface area contributed by atoms with Gasteiger partial charge in [-0.3, -0.25) is 4.79 Å². The fraction of sp³-hybridized carbons (Fsp3) is 0.409. The molecular weight excluding hydrogens is 324 g/mol. The van der Waals surface area contributed by atoms with Gasteiger partial charge in [-0.25, -0.2) is 0 Å². The number of ether oxygens (including phenoxy) is 1. The van der Waals surface area contributed by atoms with Gasteiger partial charge in [-0.1, -0.05) is 45.0 Å². The van der Waals surface area contributed by atoms with Gasteiger partial charge in [-0.15, -0.1) is 0 Å². The van der Waals surface area contributed by atoms with E-state index in [1.165, 1.54) is 11.1 Å². The highest BCUT2D eigenvalue weighted by Crippen LogP contribution is 2.23. The first-order valence-corrected chi connectivity index (χ1v) is 9.12. The van der Waals surface area contributed by atoms with Crippen LogP contribution in [0.3, 0.4) is 0 Å². The van der Waals surface area contributed by atoms with Gasteiger partial charge >= 0.3 is 0 Å². The van der Waals surface area contributed by atoms with Crippen LogP contribution in [-0.2, 0) is 16.6 Å². The van der Waals surface area contributed by atoms with Crippen molar-refractivity contribution in [3.05, 3.63) is 59.2 Å². The molecule has 0 aromatic heterocycles. The van der Waals surface area contributed by atoms with Crippen LogP contribution in [-0.4, -0.2) is 19.1 Å². The Morgan fingerprint density at radius 1 is 1.12 bits per heavy atom. The van der Waals surface area contributed by atoms with Crippen LogP contribution in [0.15, 0.2) is 42.5 Å². The molecule has 0 saturated carbocycles. The molecule has 0 fully saturated rings. The monoisotopic (exact) mass is 354 g/mol. The summed E-state index contributed by atoms with van der Waals surface area (Å²) in [5.74, 6) is 0.812. The van der Waals surface area contributed by atoms with E-state index in [9.17, 15) is 4.79 Å². The van der Waals surface area contributed by atoms with Crippen LogP contribution in [0, 0.1) is 6.92 Å². The first kappa shape index (κ1) is 20.0. The lowest BCUT2D eigenvalue weighted by Gasteiger charge is -2.19. The highest BCUT2D eigenvalue weighted by Gasteiger charge is 2.13. The molecule has 0 aliphatic rings. The van der Waals surface area contributed by atoms with Gasteiger partial charge in [0.05, 0.1) is 0 Å². The molecule has 1 amide bonds. The zero-order chi connectivity index (χ0) is 19.2. The van der Waals surface area contributed by atoms with Crippen molar-refractivity contribution in [3.8, 4) is 5.75 Å². The van der Waals surface area contributed by atoms with Gasteiger partial charge < -0.3 is 15.8 Å². The Hall–Kier alpha value is -2.33. The molecule has 0 aliphatic heterocycles. The highest BCUT2D eigenvalue weighted by atomic mass is 16.5. The van der Waals surface area contributed by atoms with E-state index >= 15 is 0 Å². The van der Waals surface area contributed by atoms with E-state index in [0.717, 1.165) is 23.4 Å². The Labute approximate surface area is 156 Å². The third-order valence-corrected chi connectivity index (χ3v) is 4.29. The summed E-state index contributed by atoms with van der Waals surface area (Å²) in [6, 6.07) is 14.2. The lowest BCUT2D eigenvalue weighted by molar-refractivity contribution is -0.116. The molecule has 2 aromatic rings. The van der Waals surface area contributed by atoms with Gasteiger partial charge in [0.25, 0.3) is 0 Å². The summed E-state index contributed by atoms with van der Waals surface area (Å²) in [7, 11) is 0. The lowest BCUT2D eigenvalue weighted by Crippen LogP contribution is -2.13. The molecule has 4 heteroatoms. The van der Waals surface area contributed by atoms with Crippen LogP contribution in [0.1, 0.15) is 43.9 Å². The summed E-state index contributed by atoms with van der Waals surface area (Å²) >= 11 is 0. The van der Waals surface area contributed by atoms with E-state index in [0.29, 0.717) is 19.6 Å². The number of aryl methyl sites for hydroxylation is 2. The van der Waals surface area contributed by atoms with Crippen LogP contribution in [0.4, 0.5) is 5.69 Å². The third kappa shape index (κ3) is 5.88. The van der Waals surface area contributed by atoms with Crippen LogP contribution in [0.5, 0.6) is 5.75 Å². The molecule has 0 aliphatic carbocycles. The average molecular weight is 354 g/mol. The molecule has 0 spiro atoms. The molecule has 0 radical (unpaired) electrons. The van der Waals surface area contributed by atoms with Gasteiger partial charge in [0.2, 0.25) is 5.91 Å². The van der Waals surface area contributed by atoms with Gasteiger partial charge in [0.1, 0.15) is 12.4 Å². The van der Waals surface area contributed by atoms with Crippen molar-refractivity contribution >= 4 is 11.6 Å². The maximum absolute atomic E-state index is 12.2. The molecule has 140 valence electrons. The zero-order valence-electron chi connectivity index (χ0n) is 16.3. The number of hydrogen-bond donors (Lipinski definition) is 2. The number of nitrogens with one attached hydrogen (secondary N) is 1. The van der Waals surface area contributed by atoms with Crippen molar-refractivity contribution in [2.45, 2.75) is 46.0 Å². The summed E-state index contributed by atoms with van der Waals surface area (Å²) in [5, 5.41) is 2.95. The molecule has 0 atom stereocenters. The minimum Gasteiger partial charge on any atom is -0.492 e. The van der Waals surface area contributed by atoms with Crippen LogP contribution in [0.25, 0.3) is 0 Å². The maximum Gasteiger partial charge on any atom is 0.224 e. The molecule has 4 nitrogen and oxygen atoms in total. The Balaban J connectivity index is 1.88. The number of anilines is 1. The van der Waals surface area contributed by atoms with Crippen molar-refractivity contribution < 1.29 is 9.53 Å². The smallest absolute Gasteiger partial charge is 0.224 e. The van der Waals surface area contributed by atoms with E-state index in [1.54, 1.807) is 0 Å². The summed E-state index contributed by atoms with van der Waals surface area (Å²) in [6.45, 7) is 9.52. The van der Waals surface area contributed by atoms with Crippen molar-refractivity contribution in [2.75, 3.05) is 18.5 Å². The van der Waals surface area contributed by atoms with Crippen LogP contribution < -0.4 is 15.8 Å². The fourth-order valence-electron chi connectivity index (χ4n) is 2.71. The minimum atomic E-state index is 0.0138. The minimum absolute atomic E-state index is 0.0138. The number of nitrogens with two attached hydrogens (primary N) is 1. The molecule has 0 heterocycles. The normalized spacial score (nSPS) is 11.3. The molecular formula is C22H30N2O2. The average Bonchev–Trinajstić information content (AvgIpc) is 2.59. The van der Waals surface area contributed by atoms with Crippen molar-refractivity contribution in [1.82, 2.24) is 0 Å². The van der Waals surface area contributed by atoms with Gasteiger partial charge in [0, 0.05) is 18.7 Å². The van der Waals surface area contributed by atoms with Crippen LogP contribution >= 0.6 is 0 Å². The number of carbonyl (C=O) groups is 1. The molecule has 2 rings (SSSR count). The van der Waals surface area contributed by atoms with Gasteiger partial charge in [-0.05, 0) is 53.6 Å². The van der Waals surface area contributed by atoms with Crippen molar-refractivity contribution in [3.63, 3.8) is 0 Å². The van der Waals surface area contributed by atoms with E-state index in [1.807, 2.05) is 25.1 Å². The predicted molar refractivity (Wildman–Crippen MR) is 108 cm³/mol. The maximum atomic E-state index is 12.2. The Morgan fingerprint density at radius 2 is 1.81 bits per heavy atom. The zero-order valence-corrected chi connectivity index (χ0v) is 16.3. The van der Waals surface area contributed by atoms with Crippen LogP contribution in [0.2, 0.25) is 0 Å². The van der Waals surface area contributed by atoms with E-state index in [2.05, 4.69) is 50.4 Å². The molecule has 0 saturated heterocycles. The van der Waals surface area contributed by atoms with Gasteiger partial charge in [-0.2, -0.15) is 0 Å². The van der Waals surface area contributed by atoms with E-state index in [4.69, 9.17) is 10.5 Å². The molecule has 3 N–H and O–H groups in total. The Bertz CT molecular complexity index is 731. The molecule has 2 aromatic carbocycles. The summed E-state index contributed by atoms with van der Waals surface area (Å²) in [6.07, 6.45) is 1.19. The third-order valence-electron chi connectivity index (χ3n) is 4.29. The second kappa shape index (κ2) is 8.86. The molecule has 0 bridgehead atoms. The lowest BCUT2D eigenvalue weighted by atomic mass is 9.86. The number of hydrogen-bond acceptors (Lipinski definition) is 3. The van der Waals surface area contributed by atoms with E-state index in [-0.39, 0.29) is 11.3 Å². The van der Waals surface area contributed by atoms with E-state index < -0.39 is 0 Å². The number of amides is 1. The second-order valence-corrected chi connectivity index (χ2v) is 7.61. The Kier molecular flexibility index (Phi) is 6.81. The fourth-order valence-corrected chi connectivity index (χ4v) is 2.71. The predicted octanol–water partition coefficient (Wildman–Crippen LogP) is 4.20. The quantitative estimate of drug-likeness (QED) is 0.783. The topological polar surface area (TPSA) is 64.3 Å². The summed E-state index contributed by atoms with van der Waals surface area (Å²) in [5.41, 5.74) is 9.85. The second-order valence-electron chi connectivity index (χ2n) is 7.61. The van der Waals surface area contributed by atoms with Crippen molar-refractivity contribution in [2.24, 2.45) is 5.73 Å². The molecule has 0 unspecified atom stereocenters. The summed E-state index contributed by atoms with van der Waals surface area (Å²) < 4.78 is 5.55. The largest absolute Gasteiger partial charge is 0.492 e. The standard InChI is InChI=1S/C22H30N2O2/c1-16-15-19(10-11-20(16)26-14-13-23)24-21(25)12-7-17-5-8-18(9-6-17)22(2,3)4/h5-6,8-11,15H,7,12-14,23H2,1-4H3,(H,24,25). The highest BCUT2D eigenvalue weighted by molar-refractivity contribution is 5.91. The number of rotatable bonds is 7. The SMILES string of the molecule is Cc1cc(NC(=O)CCc2ccc(C(C)(C)C)cc2)ccc1OCCN. The first-order chi connectivity index (χ1) is 12.3. The number of carbonyl (C=O) groups excluding carboxylic acids is 1. The Morgan fingerprint density at radius 3 is 2.38 bits per heavy atom.